The van der Waals surface area contributed by atoms with E-state index in [1.807, 2.05) is 23.6 Å². The highest BCUT2D eigenvalue weighted by Crippen LogP contribution is 2.35. The van der Waals surface area contributed by atoms with Crippen LogP contribution in [-0.2, 0) is 21.4 Å². The van der Waals surface area contributed by atoms with Crippen molar-refractivity contribution in [2.45, 2.75) is 31.2 Å². The molecule has 11 heteroatoms. The number of aromatic nitrogens is 1. The number of piperidine rings is 1. The number of methoxy groups -OCH3 is 2. The van der Waals surface area contributed by atoms with Gasteiger partial charge in [0.05, 0.1) is 19.1 Å². The van der Waals surface area contributed by atoms with Gasteiger partial charge >= 0.3 is 0 Å². The fourth-order valence-corrected chi connectivity index (χ4v) is 6.80. The lowest BCUT2D eigenvalue weighted by atomic mass is 9.98. The predicted octanol–water partition coefficient (Wildman–Crippen LogP) is 3.41. The Balaban J connectivity index is 1.57. The molecule has 0 radical (unpaired) electrons. The molecule has 34 heavy (non-hydrogen) atoms. The minimum absolute atomic E-state index is 0.0421. The average molecular weight is 508 g/mol. The van der Waals surface area contributed by atoms with Gasteiger partial charge in [0.2, 0.25) is 10.0 Å². The number of thiazole rings is 1. The lowest BCUT2D eigenvalue weighted by molar-refractivity contribution is -0.122. The van der Waals surface area contributed by atoms with Crippen molar-refractivity contribution < 1.29 is 27.1 Å². The number of rotatable bonds is 6. The molecule has 182 valence electrons. The first-order valence-electron chi connectivity index (χ1n) is 10.9. The monoisotopic (exact) mass is 507 g/mol. The molecule has 0 atom stereocenters. The van der Waals surface area contributed by atoms with Gasteiger partial charge in [0, 0.05) is 25.6 Å². The van der Waals surface area contributed by atoms with Gasteiger partial charge in [-0.05, 0) is 56.2 Å². The molecule has 1 aromatic heterocycles. The second-order valence-electron chi connectivity index (χ2n) is 7.86. The zero-order valence-corrected chi connectivity index (χ0v) is 20.8. The third kappa shape index (κ3) is 4.47. The van der Waals surface area contributed by atoms with Crippen molar-refractivity contribution in [3.63, 3.8) is 0 Å². The zero-order chi connectivity index (χ0) is 24.5. The number of nitrogens with zero attached hydrogens (tertiary/aromatic N) is 3. The summed E-state index contributed by atoms with van der Waals surface area (Å²) >= 11 is 1.36. The quantitative estimate of drug-likeness (QED) is 0.510. The Morgan fingerprint density at radius 1 is 1.09 bits per heavy atom. The summed E-state index contributed by atoms with van der Waals surface area (Å²) in [5.41, 5.74) is 0.820. The van der Waals surface area contributed by atoms with Crippen LogP contribution < -0.4 is 14.3 Å². The maximum absolute atomic E-state index is 13.2. The van der Waals surface area contributed by atoms with Crippen LogP contribution in [-0.4, -0.2) is 50.5 Å². The third-order valence-electron chi connectivity index (χ3n) is 5.97. The van der Waals surface area contributed by atoms with Crippen molar-refractivity contribution in [1.82, 2.24) is 8.87 Å². The van der Waals surface area contributed by atoms with E-state index in [4.69, 9.17) is 9.47 Å². The molecule has 1 amide bonds. The van der Waals surface area contributed by atoms with Crippen molar-refractivity contribution in [3.05, 3.63) is 47.0 Å². The third-order valence-corrected chi connectivity index (χ3v) is 8.97. The molecule has 0 aliphatic carbocycles. The maximum atomic E-state index is 13.2. The van der Waals surface area contributed by atoms with Crippen LogP contribution in [0.4, 0.5) is 4.39 Å². The molecule has 3 aromatic rings. The Kier molecular flexibility index (Phi) is 7.06. The largest absolute Gasteiger partial charge is 0.495 e. The number of aryl methyl sites for hydroxylation is 1. The first kappa shape index (κ1) is 24.4. The van der Waals surface area contributed by atoms with E-state index in [1.165, 1.54) is 27.8 Å². The lowest BCUT2D eigenvalue weighted by Crippen LogP contribution is -2.40. The van der Waals surface area contributed by atoms with Crippen molar-refractivity contribution in [2.24, 2.45) is 10.9 Å². The minimum atomic E-state index is -3.74. The smallest absolute Gasteiger partial charge is 0.251 e. The van der Waals surface area contributed by atoms with Gasteiger partial charge in [0.15, 0.2) is 4.80 Å². The number of hydrogen-bond donors (Lipinski definition) is 0. The van der Waals surface area contributed by atoms with Crippen LogP contribution >= 0.6 is 11.3 Å². The number of fused-ring (bicyclic) bond motifs is 1. The first-order chi connectivity index (χ1) is 16.3. The number of benzene rings is 2. The highest BCUT2D eigenvalue weighted by molar-refractivity contribution is 7.89. The van der Waals surface area contributed by atoms with Crippen LogP contribution in [0.3, 0.4) is 0 Å². The number of sulfonamides is 1. The Bertz CT molecular complexity index is 1370. The maximum Gasteiger partial charge on any atom is 0.251 e. The summed E-state index contributed by atoms with van der Waals surface area (Å²) in [6.07, 6.45) is 0.735. The number of halogens is 1. The molecule has 2 heterocycles. The Morgan fingerprint density at radius 3 is 2.29 bits per heavy atom. The molecule has 0 N–H and O–H groups in total. The number of carbonyl (C=O) groups is 1. The SMILES string of the molecule is CCn1c(=NC(=O)C2CCN(S(=O)(=O)c3ccc(F)cc3)CC2)sc2c(OC)ccc(OC)c21. The Hall–Kier alpha value is -2.76. The summed E-state index contributed by atoms with van der Waals surface area (Å²) in [4.78, 5) is 18.0. The van der Waals surface area contributed by atoms with E-state index < -0.39 is 15.8 Å². The molecule has 1 aliphatic rings. The van der Waals surface area contributed by atoms with Gasteiger partial charge in [-0.3, -0.25) is 4.79 Å². The van der Waals surface area contributed by atoms with Gasteiger partial charge in [-0.15, -0.1) is 0 Å². The molecular weight excluding hydrogens is 481 g/mol. The topological polar surface area (TPSA) is 90.2 Å². The van der Waals surface area contributed by atoms with Gasteiger partial charge in [0.25, 0.3) is 5.91 Å². The normalized spacial score (nSPS) is 16.2. The molecular formula is C23H26FN3O5S2. The molecule has 0 spiro atoms. The Morgan fingerprint density at radius 2 is 1.71 bits per heavy atom. The molecule has 0 unspecified atom stereocenters. The van der Waals surface area contributed by atoms with Crippen molar-refractivity contribution >= 4 is 37.5 Å². The zero-order valence-electron chi connectivity index (χ0n) is 19.2. The molecule has 0 saturated carbocycles. The van der Waals surface area contributed by atoms with E-state index in [0.29, 0.717) is 35.7 Å². The van der Waals surface area contributed by atoms with Crippen LogP contribution in [0.25, 0.3) is 10.2 Å². The average Bonchev–Trinajstić information content (AvgIpc) is 3.21. The number of carbonyl (C=O) groups excluding carboxylic acids is 1. The molecule has 2 aromatic carbocycles. The summed E-state index contributed by atoms with van der Waals surface area (Å²) < 4.78 is 53.9. The molecule has 4 rings (SSSR count). The molecule has 1 aliphatic heterocycles. The van der Waals surface area contributed by atoms with Crippen molar-refractivity contribution in [1.29, 1.82) is 0 Å². The summed E-state index contributed by atoms with van der Waals surface area (Å²) in [6, 6.07) is 8.40. The highest BCUT2D eigenvalue weighted by Gasteiger charge is 2.32. The number of hydrogen-bond acceptors (Lipinski definition) is 6. The van der Waals surface area contributed by atoms with Crippen molar-refractivity contribution in [2.75, 3.05) is 27.3 Å². The van der Waals surface area contributed by atoms with Gasteiger partial charge in [-0.2, -0.15) is 9.30 Å². The summed E-state index contributed by atoms with van der Waals surface area (Å²) in [5, 5.41) is 0. The van der Waals surface area contributed by atoms with E-state index >= 15 is 0 Å². The van der Waals surface area contributed by atoms with Crippen LogP contribution in [0.5, 0.6) is 11.5 Å². The Labute approximate surface area is 201 Å². The van der Waals surface area contributed by atoms with E-state index in [1.54, 1.807) is 14.2 Å². The van der Waals surface area contributed by atoms with Gasteiger partial charge in [-0.1, -0.05) is 11.3 Å². The summed E-state index contributed by atoms with van der Waals surface area (Å²) in [6.45, 7) is 2.96. The van der Waals surface area contributed by atoms with Gasteiger partial charge in [-0.25, -0.2) is 12.8 Å². The summed E-state index contributed by atoms with van der Waals surface area (Å²) in [5.74, 6) is 0.202. The van der Waals surface area contributed by atoms with Crippen LogP contribution in [0.1, 0.15) is 19.8 Å². The van der Waals surface area contributed by atoms with E-state index in [9.17, 15) is 17.6 Å². The van der Waals surface area contributed by atoms with Crippen LogP contribution in [0.2, 0.25) is 0 Å². The fourth-order valence-electron chi connectivity index (χ4n) is 4.12. The number of ether oxygens (including phenoxy) is 2. The molecule has 1 saturated heterocycles. The number of amides is 1. The molecule has 0 bridgehead atoms. The highest BCUT2D eigenvalue weighted by atomic mass is 32.2. The van der Waals surface area contributed by atoms with Gasteiger partial charge in [0.1, 0.15) is 27.5 Å². The second-order valence-corrected chi connectivity index (χ2v) is 10.8. The fraction of sp³-hybridized carbons (Fsp3) is 0.391. The van der Waals surface area contributed by atoms with E-state index in [2.05, 4.69) is 4.99 Å². The second kappa shape index (κ2) is 9.85. The standard InChI is InChI=1S/C23H26FN3O5S2/c1-4-27-20-18(31-2)9-10-19(32-3)21(20)33-23(27)25-22(28)15-11-13-26(14-12-15)34(29,30)17-7-5-16(24)6-8-17/h5-10,15H,4,11-14H2,1-3H3. The van der Waals surface area contributed by atoms with E-state index in [0.717, 1.165) is 22.3 Å². The minimum Gasteiger partial charge on any atom is -0.495 e. The van der Waals surface area contributed by atoms with Crippen molar-refractivity contribution in [3.8, 4) is 11.5 Å². The van der Waals surface area contributed by atoms with Gasteiger partial charge < -0.3 is 14.0 Å². The molecule has 1 fully saturated rings. The molecule has 8 nitrogen and oxygen atoms in total. The van der Waals surface area contributed by atoms with Crippen LogP contribution in [0, 0.1) is 11.7 Å². The van der Waals surface area contributed by atoms with E-state index in [-0.39, 0.29) is 29.8 Å². The predicted molar refractivity (Wildman–Crippen MR) is 127 cm³/mol. The lowest BCUT2D eigenvalue weighted by Gasteiger charge is -2.29. The summed E-state index contributed by atoms with van der Waals surface area (Å²) in [7, 11) is -0.553. The first-order valence-corrected chi connectivity index (χ1v) is 13.1. The van der Waals surface area contributed by atoms with Crippen LogP contribution in [0.15, 0.2) is 46.3 Å².